The summed E-state index contributed by atoms with van der Waals surface area (Å²) in [7, 11) is 1.79. The van der Waals surface area contributed by atoms with Crippen molar-refractivity contribution in [2.24, 2.45) is 13.0 Å². The van der Waals surface area contributed by atoms with Crippen molar-refractivity contribution < 1.29 is 4.79 Å². The van der Waals surface area contributed by atoms with Crippen LogP contribution in [0.25, 0.3) is 0 Å². The number of anilines is 1. The highest BCUT2D eigenvalue weighted by molar-refractivity contribution is 5.90. The van der Waals surface area contributed by atoms with E-state index >= 15 is 0 Å². The van der Waals surface area contributed by atoms with E-state index < -0.39 is 0 Å². The SMILES string of the molecule is CCC(CC)C(=O)Nc1nc(C(C)C)nn1C. The molecule has 0 atom stereocenters. The molecule has 0 aromatic carbocycles. The molecule has 0 aliphatic rings. The third-order valence-corrected chi connectivity index (χ3v) is 2.89. The molecule has 1 N–H and O–H groups in total. The van der Waals surface area contributed by atoms with E-state index in [1.54, 1.807) is 11.7 Å². The minimum Gasteiger partial charge on any atom is -0.294 e. The summed E-state index contributed by atoms with van der Waals surface area (Å²) in [4.78, 5) is 16.2. The zero-order valence-corrected chi connectivity index (χ0v) is 11.3. The average Bonchev–Trinajstić information content (AvgIpc) is 2.62. The Morgan fingerprint density at radius 2 is 1.94 bits per heavy atom. The average molecular weight is 238 g/mol. The molecule has 1 heterocycles. The lowest BCUT2D eigenvalue weighted by Crippen LogP contribution is -2.23. The van der Waals surface area contributed by atoms with Gasteiger partial charge in [-0.2, -0.15) is 10.1 Å². The Bertz CT molecular complexity index is 380. The Hall–Kier alpha value is -1.39. The number of hydrogen-bond donors (Lipinski definition) is 1. The first kappa shape index (κ1) is 13.7. The van der Waals surface area contributed by atoms with Crippen LogP contribution in [0.1, 0.15) is 52.3 Å². The fraction of sp³-hybridized carbons (Fsp3) is 0.750. The second kappa shape index (κ2) is 5.80. The number of nitrogens with zero attached hydrogens (tertiary/aromatic N) is 3. The van der Waals surface area contributed by atoms with Gasteiger partial charge in [-0.25, -0.2) is 4.68 Å². The highest BCUT2D eigenvalue weighted by Crippen LogP contribution is 2.14. The highest BCUT2D eigenvalue weighted by atomic mass is 16.2. The Kier molecular flexibility index (Phi) is 4.66. The van der Waals surface area contributed by atoms with Crippen LogP contribution in [0.5, 0.6) is 0 Å². The first-order chi connectivity index (χ1) is 7.99. The molecule has 0 unspecified atom stereocenters. The van der Waals surface area contributed by atoms with Gasteiger partial charge >= 0.3 is 0 Å². The van der Waals surface area contributed by atoms with Gasteiger partial charge in [0.05, 0.1) is 0 Å². The molecule has 0 radical (unpaired) electrons. The summed E-state index contributed by atoms with van der Waals surface area (Å²) < 4.78 is 1.62. The molecule has 5 nitrogen and oxygen atoms in total. The van der Waals surface area contributed by atoms with Gasteiger partial charge in [0.1, 0.15) is 0 Å². The van der Waals surface area contributed by atoms with Gasteiger partial charge in [-0.3, -0.25) is 10.1 Å². The molecule has 1 amide bonds. The topological polar surface area (TPSA) is 59.8 Å². The summed E-state index contributed by atoms with van der Waals surface area (Å²) in [6.45, 7) is 8.09. The molecule has 0 aliphatic heterocycles. The highest BCUT2D eigenvalue weighted by Gasteiger charge is 2.17. The van der Waals surface area contributed by atoms with Gasteiger partial charge in [0, 0.05) is 18.9 Å². The predicted molar refractivity (Wildman–Crippen MR) is 67.8 cm³/mol. The number of aryl methyl sites for hydroxylation is 1. The molecule has 5 heteroatoms. The van der Waals surface area contributed by atoms with E-state index in [0.717, 1.165) is 18.7 Å². The van der Waals surface area contributed by atoms with Crippen molar-refractivity contribution in [3.8, 4) is 0 Å². The number of nitrogens with one attached hydrogen (secondary N) is 1. The number of amides is 1. The second-order valence-corrected chi connectivity index (χ2v) is 4.57. The molecule has 0 saturated carbocycles. The van der Waals surface area contributed by atoms with Crippen molar-refractivity contribution in [2.45, 2.75) is 46.5 Å². The van der Waals surface area contributed by atoms with E-state index in [0.29, 0.717) is 5.95 Å². The lowest BCUT2D eigenvalue weighted by Gasteiger charge is -2.11. The van der Waals surface area contributed by atoms with Gasteiger partial charge < -0.3 is 0 Å². The van der Waals surface area contributed by atoms with E-state index in [1.165, 1.54) is 0 Å². The van der Waals surface area contributed by atoms with Crippen LogP contribution < -0.4 is 5.32 Å². The fourth-order valence-corrected chi connectivity index (χ4v) is 1.63. The Morgan fingerprint density at radius 1 is 1.35 bits per heavy atom. The second-order valence-electron chi connectivity index (χ2n) is 4.57. The molecule has 17 heavy (non-hydrogen) atoms. The predicted octanol–water partition coefficient (Wildman–Crippen LogP) is 2.31. The van der Waals surface area contributed by atoms with E-state index in [9.17, 15) is 4.79 Å². The van der Waals surface area contributed by atoms with Gasteiger partial charge in [-0.05, 0) is 12.8 Å². The zero-order valence-electron chi connectivity index (χ0n) is 11.3. The number of hydrogen-bond acceptors (Lipinski definition) is 3. The molecule has 1 rings (SSSR count). The summed E-state index contributed by atoms with van der Waals surface area (Å²) in [6.07, 6.45) is 1.69. The first-order valence-corrected chi connectivity index (χ1v) is 6.21. The van der Waals surface area contributed by atoms with E-state index in [-0.39, 0.29) is 17.7 Å². The first-order valence-electron chi connectivity index (χ1n) is 6.21. The maximum Gasteiger partial charge on any atom is 0.229 e. The van der Waals surface area contributed by atoms with Crippen LogP contribution in [-0.2, 0) is 11.8 Å². The van der Waals surface area contributed by atoms with Crippen molar-refractivity contribution >= 4 is 11.9 Å². The molecular weight excluding hydrogens is 216 g/mol. The Morgan fingerprint density at radius 3 is 2.35 bits per heavy atom. The monoisotopic (exact) mass is 238 g/mol. The van der Waals surface area contributed by atoms with E-state index in [2.05, 4.69) is 15.4 Å². The zero-order chi connectivity index (χ0) is 13.0. The summed E-state index contributed by atoms with van der Waals surface area (Å²) in [5.41, 5.74) is 0. The standard InChI is InChI=1S/C12H22N4O/c1-6-9(7-2)11(17)14-12-13-10(8(3)4)15-16(12)5/h8-9H,6-7H2,1-5H3,(H,13,14,15,17). The van der Waals surface area contributed by atoms with E-state index in [1.807, 2.05) is 27.7 Å². The normalized spacial score (nSPS) is 11.2. The van der Waals surface area contributed by atoms with Crippen LogP contribution in [0.2, 0.25) is 0 Å². The lowest BCUT2D eigenvalue weighted by molar-refractivity contribution is -0.120. The van der Waals surface area contributed by atoms with Crippen LogP contribution in [-0.4, -0.2) is 20.7 Å². The van der Waals surface area contributed by atoms with Gasteiger partial charge in [0.2, 0.25) is 11.9 Å². The molecule has 0 aliphatic carbocycles. The van der Waals surface area contributed by atoms with Crippen molar-refractivity contribution in [3.63, 3.8) is 0 Å². The quantitative estimate of drug-likeness (QED) is 0.856. The minimum atomic E-state index is 0.0285. The minimum absolute atomic E-state index is 0.0285. The van der Waals surface area contributed by atoms with E-state index in [4.69, 9.17) is 0 Å². The third kappa shape index (κ3) is 3.28. The Labute approximate surface area is 103 Å². The number of carbonyl (C=O) groups excluding carboxylic acids is 1. The maximum absolute atomic E-state index is 11.9. The van der Waals surface area contributed by atoms with Crippen LogP contribution in [0.4, 0.5) is 5.95 Å². The molecule has 96 valence electrons. The van der Waals surface area contributed by atoms with Crippen molar-refractivity contribution in [3.05, 3.63) is 5.82 Å². The number of aromatic nitrogens is 3. The van der Waals surface area contributed by atoms with Crippen LogP contribution >= 0.6 is 0 Å². The summed E-state index contributed by atoms with van der Waals surface area (Å²) >= 11 is 0. The Balaban J connectivity index is 2.77. The van der Waals surface area contributed by atoms with Gasteiger partial charge in [-0.1, -0.05) is 27.7 Å². The maximum atomic E-state index is 11.9. The van der Waals surface area contributed by atoms with Gasteiger partial charge in [0.25, 0.3) is 0 Å². The molecule has 1 aromatic heterocycles. The summed E-state index contributed by atoms with van der Waals surface area (Å²) in [5.74, 6) is 1.63. The third-order valence-electron chi connectivity index (χ3n) is 2.89. The largest absolute Gasteiger partial charge is 0.294 e. The van der Waals surface area contributed by atoms with Crippen molar-refractivity contribution in [1.82, 2.24) is 14.8 Å². The summed E-state index contributed by atoms with van der Waals surface area (Å²) in [5, 5.41) is 7.10. The fourth-order valence-electron chi connectivity index (χ4n) is 1.63. The van der Waals surface area contributed by atoms with Gasteiger partial charge in [0.15, 0.2) is 5.82 Å². The molecule has 0 saturated heterocycles. The lowest BCUT2D eigenvalue weighted by atomic mass is 10.0. The van der Waals surface area contributed by atoms with Crippen LogP contribution in [0, 0.1) is 5.92 Å². The van der Waals surface area contributed by atoms with Crippen molar-refractivity contribution in [1.29, 1.82) is 0 Å². The van der Waals surface area contributed by atoms with Crippen LogP contribution in [0.15, 0.2) is 0 Å². The summed E-state index contributed by atoms with van der Waals surface area (Å²) in [6, 6.07) is 0. The molecule has 0 fully saturated rings. The molecule has 0 bridgehead atoms. The molecule has 0 spiro atoms. The van der Waals surface area contributed by atoms with Crippen molar-refractivity contribution in [2.75, 3.05) is 5.32 Å². The van der Waals surface area contributed by atoms with Gasteiger partial charge in [-0.15, -0.1) is 0 Å². The molecular formula is C12H22N4O. The number of carbonyl (C=O) groups is 1. The van der Waals surface area contributed by atoms with Crippen LogP contribution in [0.3, 0.4) is 0 Å². The molecule has 1 aromatic rings. The smallest absolute Gasteiger partial charge is 0.229 e. The number of rotatable bonds is 5.